The Hall–Kier alpha value is -2.92. The Morgan fingerprint density at radius 2 is 1.79 bits per heavy atom. The van der Waals surface area contributed by atoms with E-state index in [-0.39, 0.29) is 29.5 Å². The van der Waals surface area contributed by atoms with Crippen LogP contribution in [0.25, 0.3) is 5.65 Å². The highest BCUT2D eigenvalue weighted by Gasteiger charge is 2.49. The third-order valence-corrected chi connectivity index (χ3v) is 7.49. The van der Waals surface area contributed by atoms with Gasteiger partial charge in [-0.05, 0) is 50.2 Å². The van der Waals surface area contributed by atoms with Crippen LogP contribution in [0.5, 0.6) is 0 Å². The summed E-state index contributed by atoms with van der Waals surface area (Å²) in [5, 5.41) is 10.9. The Kier molecular flexibility index (Phi) is 5.85. The summed E-state index contributed by atoms with van der Waals surface area (Å²) in [7, 11) is 1.36. The minimum absolute atomic E-state index is 0.00831. The molecule has 2 aromatic rings. The first kappa shape index (κ1) is 22.9. The molecule has 3 fully saturated rings. The normalized spacial score (nSPS) is 26.1. The van der Waals surface area contributed by atoms with Gasteiger partial charge in [0.15, 0.2) is 5.65 Å². The summed E-state index contributed by atoms with van der Waals surface area (Å²) in [5.74, 6) is -1.06. The number of alkyl halides is 3. The molecule has 1 saturated carbocycles. The SMILES string of the molecule is COC(=O)C1CC2CCCCC2N1C(=O)C1CCN(c2ccc3nnc(C(F)(F)F)n3n2)CC1. The molecule has 3 aliphatic rings. The van der Waals surface area contributed by atoms with Crippen LogP contribution in [-0.2, 0) is 20.5 Å². The Morgan fingerprint density at radius 1 is 1.06 bits per heavy atom. The van der Waals surface area contributed by atoms with E-state index in [9.17, 15) is 22.8 Å². The summed E-state index contributed by atoms with van der Waals surface area (Å²) < 4.78 is 45.3. The van der Waals surface area contributed by atoms with E-state index in [2.05, 4.69) is 15.3 Å². The van der Waals surface area contributed by atoms with Crippen LogP contribution < -0.4 is 4.90 Å². The number of carbonyl (C=O) groups excluding carboxylic acids is 2. The van der Waals surface area contributed by atoms with Crippen LogP contribution in [-0.4, -0.2) is 68.9 Å². The number of esters is 1. The molecule has 2 aromatic heterocycles. The smallest absolute Gasteiger partial charge is 0.453 e. The van der Waals surface area contributed by atoms with Gasteiger partial charge in [-0.1, -0.05) is 12.8 Å². The van der Waals surface area contributed by atoms with E-state index in [4.69, 9.17) is 4.74 Å². The van der Waals surface area contributed by atoms with Crippen LogP contribution in [0.4, 0.5) is 19.0 Å². The molecule has 3 atom stereocenters. The maximum Gasteiger partial charge on any atom is 0.453 e. The molecule has 0 spiro atoms. The fraction of sp³-hybridized carbons (Fsp3) is 0.682. The molecule has 0 bridgehead atoms. The van der Waals surface area contributed by atoms with Crippen molar-refractivity contribution in [2.45, 2.75) is 63.2 Å². The van der Waals surface area contributed by atoms with Crippen molar-refractivity contribution in [3.8, 4) is 0 Å². The van der Waals surface area contributed by atoms with Crippen molar-refractivity contribution in [3.63, 3.8) is 0 Å². The Bertz CT molecular complexity index is 1080. The molecule has 9 nitrogen and oxygen atoms in total. The van der Waals surface area contributed by atoms with E-state index >= 15 is 0 Å². The van der Waals surface area contributed by atoms with Crippen molar-refractivity contribution in [3.05, 3.63) is 18.0 Å². The van der Waals surface area contributed by atoms with Crippen molar-refractivity contribution in [1.29, 1.82) is 0 Å². The number of rotatable bonds is 3. The number of hydrogen-bond donors (Lipinski definition) is 0. The van der Waals surface area contributed by atoms with E-state index < -0.39 is 18.0 Å². The number of ether oxygens (including phenoxy) is 1. The number of anilines is 1. The number of piperidine rings is 1. The number of hydrogen-bond acceptors (Lipinski definition) is 7. The highest BCUT2D eigenvalue weighted by Crippen LogP contribution is 2.41. The van der Waals surface area contributed by atoms with E-state index in [0.29, 0.717) is 48.6 Å². The molecule has 184 valence electrons. The van der Waals surface area contributed by atoms with Gasteiger partial charge in [-0.15, -0.1) is 15.3 Å². The quantitative estimate of drug-likeness (QED) is 0.624. The fourth-order valence-electron chi connectivity index (χ4n) is 5.81. The first-order chi connectivity index (χ1) is 16.3. The van der Waals surface area contributed by atoms with Crippen LogP contribution in [0.1, 0.15) is 50.8 Å². The summed E-state index contributed by atoms with van der Waals surface area (Å²) >= 11 is 0. The van der Waals surface area contributed by atoms with Crippen molar-refractivity contribution >= 4 is 23.3 Å². The number of likely N-dealkylation sites (tertiary alicyclic amines) is 1. The third kappa shape index (κ3) is 3.96. The fourth-order valence-corrected chi connectivity index (χ4v) is 5.81. The van der Waals surface area contributed by atoms with Gasteiger partial charge in [-0.2, -0.15) is 17.7 Å². The predicted octanol–water partition coefficient (Wildman–Crippen LogP) is 2.69. The van der Waals surface area contributed by atoms with Gasteiger partial charge in [0.25, 0.3) is 5.82 Å². The summed E-state index contributed by atoms with van der Waals surface area (Å²) in [5.41, 5.74) is 0.0195. The summed E-state index contributed by atoms with van der Waals surface area (Å²) in [6.45, 7) is 0.951. The van der Waals surface area contributed by atoms with Gasteiger partial charge in [0.05, 0.1) is 7.11 Å². The molecule has 34 heavy (non-hydrogen) atoms. The second kappa shape index (κ2) is 8.70. The van der Waals surface area contributed by atoms with Crippen LogP contribution in [0, 0.1) is 11.8 Å². The zero-order valence-corrected chi connectivity index (χ0v) is 18.9. The number of nitrogens with zero attached hydrogens (tertiary/aromatic N) is 6. The average Bonchev–Trinajstić information content (AvgIpc) is 3.44. The van der Waals surface area contributed by atoms with Crippen LogP contribution >= 0.6 is 0 Å². The first-order valence-corrected chi connectivity index (χ1v) is 11.7. The molecule has 2 aliphatic heterocycles. The second-order valence-corrected chi connectivity index (χ2v) is 9.38. The molecule has 1 amide bonds. The molecule has 3 unspecified atom stereocenters. The number of halogens is 3. The molecule has 5 rings (SSSR count). The maximum absolute atomic E-state index is 13.6. The van der Waals surface area contributed by atoms with Crippen LogP contribution in [0.15, 0.2) is 12.1 Å². The third-order valence-electron chi connectivity index (χ3n) is 7.49. The largest absolute Gasteiger partial charge is 0.467 e. The highest BCUT2D eigenvalue weighted by atomic mass is 19.4. The number of amides is 1. The summed E-state index contributed by atoms with van der Waals surface area (Å²) in [6, 6.07) is 2.63. The molecular weight excluding hydrogens is 453 g/mol. The van der Waals surface area contributed by atoms with Crippen LogP contribution in [0.3, 0.4) is 0 Å². The summed E-state index contributed by atoms with van der Waals surface area (Å²) in [4.78, 5) is 29.7. The number of carbonyl (C=O) groups is 2. The Labute approximate surface area is 194 Å². The first-order valence-electron chi connectivity index (χ1n) is 11.7. The van der Waals surface area contributed by atoms with Gasteiger partial charge in [0.2, 0.25) is 5.91 Å². The Morgan fingerprint density at radius 3 is 2.50 bits per heavy atom. The summed E-state index contributed by atoms with van der Waals surface area (Å²) in [6.07, 6.45) is 1.18. The lowest BCUT2D eigenvalue weighted by Gasteiger charge is -2.38. The van der Waals surface area contributed by atoms with Crippen molar-refractivity contribution in [1.82, 2.24) is 24.7 Å². The van der Waals surface area contributed by atoms with E-state index in [1.807, 2.05) is 4.90 Å². The molecular formula is C22H27F3N6O3. The van der Waals surface area contributed by atoms with Crippen molar-refractivity contribution in [2.24, 2.45) is 11.8 Å². The molecule has 2 saturated heterocycles. The Balaban J connectivity index is 1.30. The number of fused-ring (bicyclic) bond motifs is 2. The zero-order chi connectivity index (χ0) is 24.0. The van der Waals surface area contributed by atoms with Crippen LogP contribution in [0.2, 0.25) is 0 Å². The lowest BCUT2D eigenvalue weighted by Crippen LogP contribution is -2.51. The van der Waals surface area contributed by atoms with Gasteiger partial charge < -0.3 is 14.5 Å². The standard InChI is InChI=1S/C22H27F3N6O3/c1-34-20(33)16-12-14-4-2-3-5-15(14)30(16)19(32)13-8-10-29(11-9-13)18-7-6-17-26-27-21(22(23,24)25)31(17)28-18/h6-7,13-16H,2-5,8-12H2,1H3. The molecule has 12 heteroatoms. The predicted molar refractivity (Wildman–Crippen MR) is 114 cm³/mol. The molecule has 1 aliphatic carbocycles. The van der Waals surface area contributed by atoms with E-state index in [0.717, 1.165) is 25.7 Å². The average molecular weight is 480 g/mol. The minimum atomic E-state index is -4.66. The van der Waals surface area contributed by atoms with E-state index in [1.165, 1.54) is 13.2 Å². The minimum Gasteiger partial charge on any atom is -0.467 e. The lowest BCUT2D eigenvalue weighted by atomic mass is 9.84. The highest BCUT2D eigenvalue weighted by molar-refractivity contribution is 5.87. The maximum atomic E-state index is 13.6. The molecule has 0 aromatic carbocycles. The monoisotopic (exact) mass is 480 g/mol. The topological polar surface area (TPSA) is 92.9 Å². The lowest BCUT2D eigenvalue weighted by molar-refractivity contribution is -0.154. The zero-order valence-electron chi connectivity index (χ0n) is 18.9. The molecule has 0 radical (unpaired) electrons. The van der Waals surface area contributed by atoms with Gasteiger partial charge >= 0.3 is 12.1 Å². The van der Waals surface area contributed by atoms with Gasteiger partial charge in [-0.3, -0.25) is 4.79 Å². The van der Waals surface area contributed by atoms with E-state index in [1.54, 1.807) is 11.0 Å². The number of methoxy groups -OCH3 is 1. The number of aromatic nitrogens is 4. The second-order valence-electron chi connectivity index (χ2n) is 9.38. The van der Waals surface area contributed by atoms with Gasteiger partial charge in [-0.25, -0.2) is 4.79 Å². The van der Waals surface area contributed by atoms with Crippen molar-refractivity contribution in [2.75, 3.05) is 25.1 Å². The molecule has 0 N–H and O–H groups in total. The van der Waals surface area contributed by atoms with Gasteiger partial charge in [0, 0.05) is 25.0 Å². The molecule has 4 heterocycles. The van der Waals surface area contributed by atoms with Gasteiger partial charge in [0.1, 0.15) is 11.9 Å². The van der Waals surface area contributed by atoms with Crippen molar-refractivity contribution < 1.29 is 27.5 Å².